The van der Waals surface area contributed by atoms with Gasteiger partial charge in [0.15, 0.2) is 0 Å². The van der Waals surface area contributed by atoms with E-state index < -0.39 is 0 Å². The Morgan fingerprint density at radius 1 is 1.36 bits per heavy atom. The van der Waals surface area contributed by atoms with E-state index in [1.165, 1.54) is 0 Å². The van der Waals surface area contributed by atoms with Gasteiger partial charge in [-0.2, -0.15) is 5.10 Å². The normalized spacial score (nSPS) is 15.4. The summed E-state index contributed by atoms with van der Waals surface area (Å²) in [5.74, 6) is 1.67. The molecule has 1 fully saturated rings. The summed E-state index contributed by atoms with van der Waals surface area (Å²) < 4.78 is 1.59. The average Bonchev–Trinajstić information content (AvgIpc) is 3.05. The molecule has 0 aromatic carbocycles. The van der Waals surface area contributed by atoms with Crippen molar-refractivity contribution in [1.29, 1.82) is 0 Å². The summed E-state index contributed by atoms with van der Waals surface area (Å²) in [6, 6.07) is 6.01. The summed E-state index contributed by atoms with van der Waals surface area (Å²) in [5.41, 5.74) is 0. The Labute approximate surface area is 153 Å². The van der Waals surface area contributed by atoms with Gasteiger partial charge in [-0.25, -0.2) is 4.98 Å². The van der Waals surface area contributed by atoms with Crippen LogP contribution in [0.1, 0.15) is 19.8 Å². The number of nitrogens with zero attached hydrogens (tertiary/aromatic N) is 5. The number of hydrogen-bond donors (Lipinski definition) is 0. The van der Waals surface area contributed by atoms with Gasteiger partial charge in [0, 0.05) is 38.6 Å². The molecule has 0 spiro atoms. The van der Waals surface area contributed by atoms with Crippen LogP contribution in [-0.2, 0) is 11.3 Å². The summed E-state index contributed by atoms with van der Waals surface area (Å²) in [5, 5.41) is 4.64. The second-order valence-electron chi connectivity index (χ2n) is 6.41. The molecule has 0 atom stereocenters. The van der Waals surface area contributed by atoms with Crippen LogP contribution in [-0.4, -0.2) is 51.8 Å². The van der Waals surface area contributed by atoms with Gasteiger partial charge in [0.2, 0.25) is 5.91 Å². The molecule has 3 heterocycles. The van der Waals surface area contributed by atoms with Crippen molar-refractivity contribution in [1.82, 2.24) is 19.7 Å². The van der Waals surface area contributed by atoms with E-state index in [-0.39, 0.29) is 12.5 Å². The molecule has 2 aromatic heterocycles. The number of rotatable bonds is 6. The maximum absolute atomic E-state index is 12.5. The van der Waals surface area contributed by atoms with Gasteiger partial charge >= 0.3 is 0 Å². The van der Waals surface area contributed by atoms with Gasteiger partial charge in [-0.05, 0) is 37.8 Å². The Morgan fingerprint density at radius 2 is 2.16 bits per heavy atom. The highest BCUT2D eigenvalue weighted by molar-refractivity contribution is 6.30. The Balaban J connectivity index is 1.50. The number of pyridine rings is 1. The Bertz CT molecular complexity index is 682. The molecule has 0 N–H and O–H groups in total. The van der Waals surface area contributed by atoms with Crippen LogP contribution < -0.4 is 4.90 Å². The first kappa shape index (κ1) is 17.7. The maximum Gasteiger partial charge on any atom is 0.244 e. The van der Waals surface area contributed by atoms with Crippen LogP contribution in [0.5, 0.6) is 0 Å². The smallest absolute Gasteiger partial charge is 0.244 e. The predicted molar refractivity (Wildman–Crippen MR) is 98.7 cm³/mol. The number of aromatic nitrogens is 3. The van der Waals surface area contributed by atoms with Crippen molar-refractivity contribution in [2.45, 2.75) is 26.3 Å². The molecule has 0 bridgehead atoms. The van der Waals surface area contributed by atoms with Crippen LogP contribution in [0, 0.1) is 5.92 Å². The Kier molecular flexibility index (Phi) is 5.91. The summed E-state index contributed by atoms with van der Waals surface area (Å²) >= 11 is 5.86. The van der Waals surface area contributed by atoms with Gasteiger partial charge in [-0.15, -0.1) is 0 Å². The highest BCUT2D eigenvalue weighted by Crippen LogP contribution is 2.22. The van der Waals surface area contributed by atoms with Gasteiger partial charge in [-0.1, -0.05) is 17.7 Å². The van der Waals surface area contributed by atoms with Gasteiger partial charge in [0.25, 0.3) is 0 Å². The van der Waals surface area contributed by atoms with Gasteiger partial charge in [0.05, 0.1) is 11.2 Å². The van der Waals surface area contributed by atoms with E-state index in [9.17, 15) is 4.79 Å². The Morgan fingerprint density at radius 3 is 2.76 bits per heavy atom. The molecule has 7 heteroatoms. The number of anilines is 1. The third-order valence-electron chi connectivity index (χ3n) is 4.70. The van der Waals surface area contributed by atoms with Crippen LogP contribution in [0.15, 0.2) is 36.8 Å². The molecule has 2 aromatic rings. The summed E-state index contributed by atoms with van der Waals surface area (Å²) in [7, 11) is 0. The maximum atomic E-state index is 12.5. The SMILES string of the molecule is CCN(CC1CCN(c2ccccn2)CC1)C(=O)Cn1cc(Cl)cn1. The molecule has 1 amide bonds. The minimum absolute atomic E-state index is 0.0921. The zero-order chi connectivity index (χ0) is 17.6. The minimum Gasteiger partial charge on any atom is -0.357 e. The Hall–Kier alpha value is -2.08. The van der Waals surface area contributed by atoms with Crippen LogP contribution in [0.4, 0.5) is 5.82 Å². The molecule has 1 saturated heterocycles. The fourth-order valence-corrected chi connectivity index (χ4v) is 3.42. The second kappa shape index (κ2) is 8.34. The molecule has 0 radical (unpaired) electrons. The molecular formula is C18H24ClN5O. The van der Waals surface area contributed by atoms with E-state index in [1.807, 2.05) is 30.2 Å². The highest BCUT2D eigenvalue weighted by atomic mass is 35.5. The van der Waals surface area contributed by atoms with Crippen molar-refractivity contribution in [2.24, 2.45) is 5.92 Å². The highest BCUT2D eigenvalue weighted by Gasteiger charge is 2.23. The van der Waals surface area contributed by atoms with Crippen LogP contribution in [0.3, 0.4) is 0 Å². The zero-order valence-electron chi connectivity index (χ0n) is 14.5. The number of carbonyl (C=O) groups is 1. The first-order valence-electron chi connectivity index (χ1n) is 8.77. The first-order chi connectivity index (χ1) is 12.2. The quantitative estimate of drug-likeness (QED) is 0.793. The lowest BCUT2D eigenvalue weighted by atomic mass is 9.96. The molecule has 134 valence electrons. The molecule has 25 heavy (non-hydrogen) atoms. The van der Waals surface area contributed by atoms with Crippen molar-refractivity contribution >= 4 is 23.3 Å². The molecule has 0 aliphatic carbocycles. The van der Waals surface area contributed by atoms with E-state index in [0.717, 1.165) is 38.3 Å². The second-order valence-corrected chi connectivity index (χ2v) is 6.84. The third-order valence-corrected chi connectivity index (χ3v) is 4.89. The van der Waals surface area contributed by atoms with E-state index in [2.05, 4.69) is 21.0 Å². The molecule has 0 saturated carbocycles. The van der Waals surface area contributed by atoms with Crippen LogP contribution in [0.2, 0.25) is 5.02 Å². The standard InChI is InChI=1S/C18H24ClN5O/c1-2-22(18(25)14-24-13-16(19)11-21-24)12-15-6-9-23(10-7-15)17-5-3-4-8-20-17/h3-5,8,11,13,15H,2,6-7,9-10,12,14H2,1H3. The molecule has 1 aliphatic heterocycles. The van der Waals surface area contributed by atoms with E-state index in [1.54, 1.807) is 17.1 Å². The summed E-state index contributed by atoms with van der Waals surface area (Å²) in [6.07, 6.45) is 7.22. The van der Waals surface area contributed by atoms with E-state index in [4.69, 9.17) is 11.6 Å². The van der Waals surface area contributed by atoms with Gasteiger partial charge in [-0.3, -0.25) is 9.48 Å². The summed E-state index contributed by atoms with van der Waals surface area (Å²) in [6.45, 7) is 5.77. The van der Waals surface area contributed by atoms with Crippen LogP contribution in [0.25, 0.3) is 0 Å². The fraction of sp³-hybridized carbons (Fsp3) is 0.500. The van der Waals surface area contributed by atoms with Gasteiger partial charge < -0.3 is 9.80 Å². The number of amides is 1. The number of piperidine rings is 1. The van der Waals surface area contributed by atoms with Crippen molar-refractivity contribution in [3.8, 4) is 0 Å². The summed E-state index contributed by atoms with van der Waals surface area (Å²) in [4.78, 5) is 21.2. The molecule has 0 unspecified atom stereocenters. The van der Waals surface area contributed by atoms with Crippen molar-refractivity contribution in [3.63, 3.8) is 0 Å². The van der Waals surface area contributed by atoms with Crippen molar-refractivity contribution in [3.05, 3.63) is 41.8 Å². The van der Waals surface area contributed by atoms with Crippen LogP contribution >= 0.6 is 11.6 Å². The minimum atomic E-state index is 0.0921. The lowest BCUT2D eigenvalue weighted by Crippen LogP contribution is -2.42. The number of likely N-dealkylation sites (N-methyl/N-ethyl adjacent to an activating group) is 1. The lowest BCUT2D eigenvalue weighted by molar-refractivity contribution is -0.132. The number of carbonyl (C=O) groups excluding carboxylic acids is 1. The average molecular weight is 362 g/mol. The van der Waals surface area contributed by atoms with Crippen molar-refractivity contribution in [2.75, 3.05) is 31.1 Å². The monoisotopic (exact) mass is 361 g/mol. The molecule has 1 aliphatic rings. The third kappa shape index (κ3) is 4.72. The molecule has 6 nitrogen and oxygen atoms in total. The zero-order valence-corrected chi connectivity index (χ0v) is 15.3. The van der Waals surface area contributed by atoms with E-state index >= 15 is 0 Å². The molecule has 3 rings (SSSR count). The van der Waals surface area contributed by atoms with Crippen molar-refractivity contribution < 1.29 is 4.79 Å². The molecular weight excluding hydrogens is 338 g/mol. The number of halogens is 1. The number of hydrogen-bond acceptors (Lipinski definition) is 4. The topological polar surface area (TPSA) is 54.3 Å². The van der Waals surface area contributed by atoms with E-state index in [0.29, 0.717) is 17.5 Å². The fourth-order valence-electron chi connectivity index (χ4n) is 3.27. The largest absolute Gasteiger partial charge is 0.357 e. The van der Waals surface area contributed by atoms with Gasteiger partial charge in [0.1, 0.15) is 12.4 Å². The predicted octanol–water partition coefficient (Wildman–Crippen LogP) is 2.70. The lowest BCUT2D eigenvalue weighted by Gasteiger charge is -2.35. The first-order valence-corrected chi connectivity index (χ1v) is 9.15.